The highest BCUT2D eigenvalue weighted by Gasteiger charge is 2.27. The highest BCUT2D eigenvalue weighted by molar-refractivity contribution is 5.94. The van der Waals surface area contributed by atoms with Crippen LogP contribution >= 0.6 is 12.4 Å². The molecule has 1 aromatic carbocycles. The molecule has 24 heavy (non-hydrogen) atoms. The van der Waals surface area contributed by atoms with Crippen molar-refractivity contribution in [2.75, 3.05) is 19.7 Å². The fourth-order valence-corrected chi connectivity index (χ4v) is 2.85. The van der Waals surface area contributed by atoms with E-state index in [9.17, 15) is 4.79 Å². The lowest BCUT2D eigenvalue weighted by atomic mass is 10.1. The van der Waals surface area contributed by atoms with E-state index in [1.165, 1.54) is 11.8 Å². The van der Waals surface area contributed by atoms with Crippen LogP contribution in [0.5, 0.6) is 0 Å². The van der Waals surface area contributed by atoms with Crippen LogP contribution in [0.15, 0.2) is 47.1 Å². The van der Waals surface area contributed by atoms with Crippen LogP contribution in [0.4, 0.5) is 0 Å². The number of likely N-dealkylation sites (tertiary alicyclic amines) is 1. The van der Waals surface area contributed by atoms with Crippen LogP contribution in [-0.4, -0.2) is 30.5 Å². The SMILES string of the molecule is Cl.NCc1cc(C(=O)N2CCC(COCc3ccccc3)C2)co1. The topological polar surface area (TPSA) is 68.7 Å². The molecule has 1 amide bonds. The number of nitrogens with zero attached hydrogens (tertiary/aromatic N) is 1. The Bertz CT molecular complexity index is 645. The van der Waals surface area contributed by atoms with Gasteiger partial charge in [-0.2, -0.15) is 0 Å². The average molecular weight is 351 g/mol. The number of halogens is 1. The van der Waals surface area contributed by atoms with Crippen molar-refractivity contribution in [1.82, 2.24) is 4.90 Å². The number of hydrogen-bond donors (Lipinski definition) is 1. The molecule has 0 saturated carbocycles. The summed E-state index contributed by atoms with van der Waals surface area (Å²) in [6.07, 6.45) is 2.46. The number of nitrogens with two attached hydrogens (primary N) is 1. The molecule has 130 valence electrons. The van der Waals surface area contributed by atoms with Crippen molar-refractivity contribution in [2.45, 2.75) is 19.6 Å². The highest BCUT2D eigenvalue weighted by atomic mass is 35.5. The van der Waals surface area contributed by atoms with Crippen molar-refractivity contribution in [1.29, 1.82) is 0 Å². The van der Waals surface area contributed by atoms with Gasteiger partial charge >= 0.3 is 0 Å². The normalized spacial score (nSPS) is 16.9. The van der Waals surface area contributed by atoms with Gasteiger partial charge in [0, 0.05) is 19.0 Å². The predicted octanol–water partition coefficient (Wildman–Crippen LogP) is 2.84. The van der Waals surface area contributed by atoms with E-state index in [1.54, 1.807) is 6.07 Å². The number of amides is 1. The van der Waals surface area contributed by atoms with Crippen molar-refractivity contribution in [3.8, 4) is 0 Å². The number of furan rings is 1. The summed E-state index contributed by atoms with van der Waals surface area (Å²) in [6, 6.07) is 11.8. The second-order valence-corrected chi connectivity index (χ2v) is 5.91. The van der Waals surface area contributed by atoms with E-state index in [2.05, 4.69) is 12.1 Å². The number of carbonyl (C=O) groups excluding carboxylic acids is 1. The quantitative estimate of drug-likeness (QED) is 0.869. The van der Waals surface area contributed by atoms with E-state index in [1.807, 2.05) is 23.1 Å². The Hall–Kier alpha value is -1.82. The highest BCUT2D eigenvalue weighted by Crippen LogP contribution is 2.20. The molecule has 0 radical (unpaired) electrons. The van der Waals surface area contributed by atoms with Gasteiger partial charge in [-0.25, -0.2) is 0 Å². The van der Waals surface area contributed by atoms with Crippen LogP contribution in [0.2, 0.25) is 0 Å². The third kappa shape index (κ3) is 4.60. The Balaban J connectivity index is 0.00000208. The fraction of sp³-hybridized carbons (Fsp3) is 0.389. The van der Waals surface area contributed by atoms with Gasteiger partial charge in [0.05, 0.1) is 25.3 Å². The van der Waals surface area contributed by atoms with Crippen LogP contribution in [0.1, 0.15) is 28.1 Å². The maximum Gasteiger partial charge on any atom is 0.257 e. The van der Waals surface area contributed by atoms with Gasteiger partial charge in [-0.3, -0.25) is 4.79 Å². The molecule has 5 nitrogen and oxygen atoms in total. The smallest absolute Gasteiger partial charge is 0.257 e. The lowest BCUT2D eigenvalue weighted by Gasteiger charge is -2.15. The van der Waals surface area contributed by atoms with Gasteiger partial charge in [-0.1, -0.05) is 30.3 Å². The third-order valence-electron chi connectivity index (χ3n) is 4.14. The number of benzene rings is 1. The van der Waals surface area contributed by atoms with E-state index < -0.39 is 0 Å². The summed E-state index contributed by atoms with van der Waals surface area (Å²) in [7, 11) is 0. The molecule has 2 heterocycles. The van der Waals surface area contributed by atoms with Crippen molar-refractivity contribution in [2.24, 2.45) is 11.7 Å². The van der Waals surface area contributed by atoms with Gasteiger partial charge in [0.2, 0.25) is 0 Å². The van der Waals surface area contributed by atoms with Crippen molar-refractivity contribution in [3.63, 3.8) is 0 Å². The Morgan fingerprint density at radius 1 is 1.33 bits per heavy atom. The Morgan fingerprint density at radius 2 is 2.12 bits per heavy atom. The number of rotatable bonds is 6. The van der Waals surface area contributed by atoms with Gasteiger partial charge in [-0.15, -0.1) is 12.4 Å². The molecule has 3 rings (SSSR count). The first kappa shape index (κ1) is 18.5. The van der Waals surface area contributed by atoms with Gasteiger partial charge in [0.1, 0.15) is 12.0 Å². The summed E-state index contributed by atoms with van der Waals surface area (Å²) in [4.78, 5) is 14.3. The lowest BCUT2D eigenvalue weighted by molar-refractivity contribution is 0.0732. The van der Waals surface area contributed by atoms with Crippen LogP contribution in [0.3, 0.4) is 0 Å². The molecule has 1 aromatic heterocycles. The zero-order chi connectivity index (χ0) is 16.1. The summed E-state index contributed by atoms with van der Waals surface area (Å²) < 4.78 is 11.0. The number of carbonyl (C=O) groups is 1. The summed E-state index contributed by atoms with van der Waals surface area (Å²) in [5.41, 5.74) is 7.26. The summed E-state index contributed by atoms with van der Waals surface area (Å²) in [5, 5.41) is 0. The van der Waals surface area contributed by atoms with Gasteiger partial charge < -0.3 is 19.8 Å². The van der Waals surface area contributed by atoms with Crippen molar-refractivity contribution >= 4 is 18.3 Å². The molecule has 0 spiro atoms. The van der Waals surface area contributed by atoms with E-state index >= 15 is 0 Å². The second kappa shape index (κ2) is 8.87. The average Bonchev–Trinajstić information content (AvgIpc) is 3.24. The second-order valence-electron chi connectivity index (χ2n) is 5.91. The standard InChI is InChI=1S/C18H22N2O3.ClH/c19-9-17-8-16(13-23-17)18(21)20-7-6-15(10-20)12-22-11-14-4-2-1-3-5-14;/h1-5,8,13,15H,6-7,9-12,19H2;1H. The molecule has 1 fully saturated rings. The third-order valence-corrected chi connectivity index (χ3v) is 4.14. The molecule has 1 aliphatic heterocycles. The van der Waals surface area contributed by atoms with E-state index in [4.69, 9.17) is 14.9 Å². The monoisotopic (exact) mass is 350 g/mol. The number of ether oxygens (including phenoxy) is 1. The molecular formula is C18H23ClN2O3. The first-order valence-corrected chi connectivity index (χ1v) is 7.94. The molecule has 1 unspecified atom stereocenters. The molecular weight excluding hydrogens is 328 g/mol. The Morgan fingerprint density at radius 3 is 2.83 bits per heavy atom. The van der Waals surface area contributed by atoms with Crippen molar-refractivity contribution in [3.05, 3.63) is 59.5 Å². The Kier molecular flexibility index (Phi) is 6.85. The molecule has 0 aliphatic carbocycles. The first-order chi connectivity index (χ1) is 11.3. The zero-order valence-corrected chi connectivity index (χ0v) is 14.3. The van der Waals surface area contributed by atoms with Crippen molar-refractivity contribution < 1.29 is 13.9 Å². The van der Waals surface area contributed by atoms with E-state index in [0.717, 1.165) is 19.5 Å². The molecule has 1 atom stereocenters. The van der Waals surface area contributed by atoms with E-state index in [-0.39, 0.29) is 18.3 Å². The minimum atomic E-state index is 0. The first-order valence-electron chi connectivity index (χ1n) is 7.94. The summed E-state index contributed by atoms with van der Waals surface area (Å²) in [5.74, 6) is 1.04. The number of hydrogen-bond acceptors (Lipinski definition) is 4. The molecule has 1 aliphatic rings. The fourth-order valence-electron chi connectivity index (χ4n) is 2.85. The van der Waals surface area contributed by atoms with E-state index in [0.29, 0.717) is 37.0 Å². The predicted molar refractivity (Wildman–Crippen MR) is 94.0 cm³/mol. The maximum absolute atomic E-state index is 12.4. The van der Waals surface area contributed by atoms with Gasteiger partial charge in [0.15, 0.2) is 0 Å². The molecule has 6 heteroatoms. The summed E-state index contributed by atoms with van der Waals surface area (Å²) >= 11 is 0. The summed E-state index contributed by atoms with van der Waals surface area (Å²) in [6.45, 7) is 3.10. The largest absolute Gasteiger partial charge is 0.467 e. The van der Waals surface area contributed by atoms with Crippen LogP contribution in [0.25, 0.3) is 0 Å². The Labute approximate surface area is 148 Å². The van der Waals surface area contributed by atoms with Crippen LogP contribution in [0, 0.1) is 5.92 Å². The minimum Gasteiger partial charge on any atom is -0.467 e. The minimum absolute atomic E-state index is 0. The molecule has 1 saturated heterocycles. The van der Waals surface area contributed by atoms with Crippen LogP contribution in [-0.2, 0) is 17.9 Å². The molecule has 0 bridgehead atoms. The van der Waals surface area contributed by atoms with Crippen LogP contribution < -0.4 is 5.73 Å². The lowest BCUT2D eigenvalue weighted by Crippen LogP contribution is -2.29. The zero-order valence-electron chi connectivity index (χ0n) is 13.5. The van der Waals surface area contributed by atoms with Gasteiger partial charge in [-0.05, 0) is 18.1 Å². The maximum atomic E-state index is 12.4. The molecule has 2 N–H and O–H groups in total. The van der Waals surface area contributed by atoms with Gasteiger partial charge in [0.25, 0.3) is 5.91 Å². The molecule has 2 aromatic rings.